The van der Waals surface area contributed by atoms with Gasteiger partial charge in [0.2, 0.25) is 0 Å². The number of non-ortho nitro benzene ring substituents is 1. The molecule has 2 aromatic carbocycles. The van der Waals surface area contributed by atoms with Crippen molar-refractivity contribution < 1.29 is 9.66 Å². The van der Waals surface area contributed by atoms with Crippen LogP contribution in [0.2, 0.25) is 0 Å². The van der Waals surface area contributed by atoms with Crippen molar-refractivity contribution in [1.29, 1.82) is 0 Å². The zero-order chi connectivity index (χ0) is 18.0. The Balaban J connectivity index is 1.95. The Hall–Kier alpha value is -3.07. The van der Waals surface area contributed by atoms with Gasteiger partial charge in [-0.1, -0.05) is 0 Å². The maximum absolute atomic E-state index is 11.0. The molecule has 0 fully saturated rings. The SMILES string of the molecule is COc1ccc([N+](=O)[O-])cc1Sc1nnc(-c2ccc(N)cc2)n1C. The summed E-state index contributed by atoms with van der Waals surface area (Å²) in [5.74, 6) is 1.21. The lowest BCUT2D eigenvalue weighted by atomic mass is 10.2. The van der Waals surface area contributed by atoms with E-state index >= 15 is 0 Å². The number of nitro groups is 1. The van der Waals surface area contributed by atoms with Crippen molar-refractivity contribution in [3.05, 3.63) is 52.6 Å². The molecule has 0 saturated heterocycles. The molecule has 3 aromatic rings. The fourth-order valence-corrected chi connectivity index (χ4v) is 3.18. The molecule has 0 bridgehead atoms. The molecule has 3 rings (SSSR count). The fourth-order valence-electron chi connectivity index (χ4n) is 2.24. The fraction of sp³-hybridized carbons (Fsp3) is 0.125. The molecular weight excluding hydrogens is 342 g/mol. The number of ether oxygens (including phenoxy) is 1. The quantitative estimate of drug-likeness (QED) is 0.424. The molecule has 0 aliphatic carbocycles. The van der Waals surface area contributed by atoms with Crippen LogP contribution in [0.5, 0.6) is 5.75 Å². The highest BCUT2D eigenvalue weighted by atomic mass is 32.2. The van der Waals surface area contributed by atoms with E-state index in [1.807, 2.05) is 23.7 Å². The summed E-state index contributed by atoms with van der Waals surface area (Å²) in [6.45, 7) is 0. The summed E-state index contributed by atoms with van der Waals surface area (Å²) in [5.41, 5.74) is 7.24. The highest BCUT2D eigenvalue weighted by Crippen LogP contribution is 2.37. The summed E-state index contributed by atoms with van der Waals surface area (Å²) in [6.07, 6.45) is 0. The summed E-state index contributed by atoms with van der Waals surface area (Å²) in [4.78, 5) is 11.1. The average molecular weight is 357 g/mol. The van der Waals surface area contributed by atoms with Gasteiger partial charge in [0.1, 0.15) is 5.75 Å². The number of hydrogen-bond acceptors (Lipinski definition) is 7. The van der Waals surface area contributed by atoms with E-state index in [1.54, 1.807) is 18.2 Å². The van der Waals surface area contributed by atoms with Gasteiger partial charge in [0.15, 0.2) is 11.0 Å². The number of rotatable bonds is 5. The monoisotopic (exact) mass is 357 g/mol. The van der Waals surface area contributed by atoms with E-state index in [-0.39, 0.29) is 5.69 Å². The van der Waals surface area contributed by atoms with E-state index in [1.165, 1.54) is 31.0 Å². The second-order valence-electron chi connectivity index (χ2n) is 5.18. The van der Waals surface area contributed by atoms with E-state index in [2.05, 4.69) is 10.2 Å². The first-order chi connectivity index (χ1) is 12.0. The van der Waals surface area contributed by atoms with Crippen LogP contribution in [0.3, 0.4) is 0 Å². The predicted octanol–water partition coefficient (Wildman–Crippen LogP) is 3.13. The zero-order valence-corrected chi connectivity index (χ0v) is 14.4. The number of nitrogens with zero attached hydrogens (tertiary/aromatic N) is 4. The Labute approximate surface area is 147 Å². The third kappa shape index (κ3) is 3.41. The average Bonchev–Trinajstić information content (AvgIpc) is 2.96. The minimum atomic E-state index is -0.444. The van der Waals surface area contributed by atoms with Gasteiger partial charge < -0.3 is 15.0 Å². The minimum Gasteiger partial charge on any atom is -0.496 e. The molecule has 9 heteroatoms. The second-order valence-corrected chi connectivity index (χ2v) is 6.19. The van der Waals surface area contributed by atoms with Gasteiger partial charge in [0, 0.05) is 30.4 Å². The first-order valence-electron chi connectivity index (χ1n) is 7.25. The molecule has 0 aliphatic rings. The van der Waals surface area contributed by atoms with Crippen LogP contribution < -0.4 is 10.5 Å². The molecule has 0 saturated carbocycles. The number of hydrogen-bond donors (Lipinski definition) is 1. The minimum absolute atomic E-state index is 0.00998. The van der Waals surface area contributed by atoms with Gasteiger partial charge in [0.05, 0.1) is 16.9 Å². The van der Waals surface area contributed by atoms with Gasteiger partial charge in [-0.3, -0.25) is 10.1 Å². The summed E-state index contributed by atoms with van der Waals surface area (Å²) in [7, 11) is 3.35. The highest BCUT2D eigenvalue weighted by molar-refractivity contribution is 7.99. The van der Waals surface area contributed by atoms with E-state index in [4.69, 9.17) is 10.5 Å². The van der Waals surface area contributed by atoms with Gasteiger partial charge in [0.25, 0.3) is 5.69 Å². The van der Waals surface area contributed by atoms with Crippen molar-refractivity contribution in [3.63, 3.8) is 0 Å². The number of nitrogen functional groups attached to an aromatic ring is 1. The standard InChI is InChI=1S/C16H15N5O3S/c1-20-15(10-3-5-11(17)6-4-10)18-19-16(20)25-14-9-12(21(22)23)7-8-13(14)24-2/h3-9H,17H2,1-2H3. The number of nitro benzene ring substituents is 1. The molecule has 0 atom stereocenters. The molecule has 0 unspecified atom stereocenters. The Morgan fingerprint density at radius 3 is 2.56 bits per heavy atom. The third-order valence-electron chi connectivity index (χ3n) is 3.56. The zero-order valence-electron chi connectivity index (χ0n) is 13.5. The van der Waals surface area contributed by atoms with E-state index < -0.39 is 4.92 Å². The van der Waals surface area contributed by atoms with Crippen molar-refractivity contribution in [3.8, 4) is 17.1 Å². The van der Waals surface area contributed by atoms with E-state index in [9.17, 15) is 10.1 Å². The molecule has 1 heterocycles. The summed E-state index contributed by atoms with van der Waals surface area (Å²) in [5, 5.41) is 20.0. The molecule has 8 nitrogen and oxygen atoms in total. The normalized spacial score (nSPS) is 10.6. The first-order valence-corrected chi connectivity index (χ1v) is 8.07. The van der Waals surface area contributed by atoms with Gasteiger partial charge in [-0.2, -0.15) is 0 Å². The highest BCUT2D eigenvalue weighted by Gasteiger charge is 2.17. The lowest BCUT2D eigenvalue weighted by Crippen LogP contribution is -1.96. The summed E-state index contributed by atoms with van der Waals surface area (Å²) < 4.78 is 7.10. The maximum atomic E-state index is 11.0. The van der Waals surface area contributed by atoms with Crippen LogP contribution in [0.4, 0.5) is 11.4 Å². The molecule has 0 radical (unpaired) electrons. The number of nitrogens with two attached hydrogens (primary N) is 1. The molecule has 0 amide bonds. The Morgan fingerprint density at radius 2 is 1.92 bits per heavy atom. The smallest absolute Gasteiger partial charge is 0.270 e. The summed E-state index contributed by atoms with van der Waals surface area (Å²) >= 11 is 1.25. The van der Waals surface area contributed by atoms with Gasteiger partial charge in [-0.15, -0.1) is 10.2 Å². The Morgan fingerprint density at radius 1 is 1.20 bits per heavy atom. The van der Waals surface area contributed by atoms with Gasteiger partial charge in [-0.25, -0.2) is 0 Å². The molecule has 128 valence electrons. The number of aromatic nitrogens is 3. The van der Waals surface area contributed by atoms with Crippen molar-refractivity contribution in [2.75, 3.05) is 12.8 Å². The van der Waals surface area contributed by atoms with Gasteiger partial charge >= 0.3 is 0 Å². The summed E-state index contributed by atoms with van der Waals surface area (Å²) in [6, 6.07) is 11.7. The van der Waals surface area contributed by atoms with E-state index in [0.29, 0.717) is 27.3 Å². The van der Waals surface area contributed by atoms with Crippen molar-refractivity contribution in [2.45, 2.75) is 10.1 Å². The van der Waals surface area contributed by atoms with Crippen LogP contribution >= 0.6 is 11.8 Å². The number of anilines is 1. The molecule has 1 aromatic heterocycles. The van der Waals surface area contributed by atoms with Crippen LogP contribution in [0.25, 0.3) is 11.4 Å². The molecule has 2 N–H and O–H groups in total. The van der Waals surface area contributed by atoms with Gasteiger partial charge in [-0.05, 0) is 42.1 Å². The van der Waals surface area contributed by atoms with Crippen molar-refractivity contribution in [2.24, 2.45) is 7.05 Å². The largest absolute Gasteiger partial charge is 0.496 e. The number of benzene rings is 2. The van der Waals surface area contributed by atoms with Crippen LogP contribution in [-0.2, 0) is 7.05 Å². The first kappa shape index (κ1) is 16.8. The lowest BCUT2D eigenvalue weighted by molar-refractivity contribution is -0.385. The Kier molecular flexibility index (Phi) is 4.57. The molecule has 0 spiro atoms. The van der Waals surface area contributed by atoms with Crippen LogP contribution in [-0.4, -0.2) is 26.8 Å². The van der Waals surface area contributed by atoms with Crippen LogP contribution in [0.1, 0.15) is 0 Å². The topological polar surface area (TPSA) is 109 Å². The van der Waals surface area contributed by atoms with Crippen molar-refractivity contribution >= 4 is 23.1 Å². The Bertz CT molecular complexity index is 924. The second kappa shape index (κ2) is 6.81. The molecule has 25 heavy (non-hydrogen) atoms. The molecule has 0 aliphatic heterocycles. The third-order valence-corrected chi connectivity index (χ3v) is 4.64. The molecular formula is C16H15N5O3S. The van der Waals surface area contributed by atoms with Crippen LogP contribution in [0.15, 0.2) is 52.5 Å². The predicted molar refractivity (Wildman–Crippen MR) is 94.6 cm³/mol. The van der Waals surface area contributed by atoms with E-state index in [0.717, 1.165) is 5.56 Å². The lowest BCUT2D eigenvalue weighted by Gasteiger charge is -2.08. The maximum Gasteiger partial charge on any atom is 0.270 e. The number of methoxy groups -OCH3 is 1. The van der Waals surface area contributed by atoms with Crippen LogP contribution in [0, 0.1) is 10.1 Å². The van der Waals surface area contributed by atoms with Crippen molar-refractivity contribution in [1.82, 2.24) is 14.8 Å².